The molecule has 0 aliphatic carbocycles. The zero-order valence-electron chi connectivity index (χ0n) is 19.5. The predicted octanol–water partition coefficient (Wildman–Crippen LogP) is 3.39. The van der Waals surface area contributed by atoms with Crippen LogP contribution in [-0.2, 0) is 14.3 Å². The number of ketones is 2. The van der Waals surface area contributed by atoms with Crippen molar-refractivity contribution in [1.29, 1.82) is 0 Å². The van der Waals surface area contributed by atoms with Crippen LogP contribution in [0.1, 0.15) is 58.3 Å². The molecule has 1 unspecified atom stereocenters. The standard InChI is InChI=1S/C23H32N2O7/c1-22(2,3)31-20(29)24-11-12-25(21(30)32-23(4,5)6)16(14-24)19(28)13-18(27)15-9-7-8-10-17(15)26/h7-10,16,26H,11-14H2,1-6H3. The predicted molar refractivity (Wildman–Crippen MR) is 117 cm³/mol. The zero-order chi connectivity index (χ0) is 24.3. The minimum Gasteiger partial charge on any atom is -0.507 e. The van der Waals surface area contributed by atoms with Gasteiger partial charge in [-0.15, -0.1) is 0 Å². The molecule has 0 spiro atoms. The van der Waals surface area contributed by atoms with Crippen molar-refractivity contribution in [1.82, 2.24) is 9.80 Å². The smallest absolute Gasteiger partial charge is 0.411 e. The van der Waals surface area contributed by atoms with Crippen LogP contribution >= 0.6 is 0 Å². The maximum absolute atomic E-state index is 13.1. The highest BCUT2D eigenvalue weighted by Crippen LogP contribution is 2.22. The maximum atomic E-state index is 13.1. The number of rotatable bonds is 4. The number of phenols is 1. The van der Waals surface area contributed by atoms with Crippen LogP contribution in [0.15, 0.2) is 24.3 Å². The van der Waals surface area contributed by atoms with Gasteiger partial charge in [-0.05, 0) is 53.7 Å². The number of para-hydroxylation sites is 1. The number of carbonyl (C=O) groups excluding carboxylic acids is 4. The lowest BCUT2D eigenvalue weighted by molar-refractivity contribution is -0.125. The summed E-state index contributed by atoms with van der Waals surface area (Å²) in [5, 5.41) is 9.91. The van der Waals surface area contributed by atoms with Crippen molar-refractivity contribution in [3.63, 3.8) is 0 Å². The number of amides is 2. The molecule has 9 heteroatoms. The monoisotopic (exact) mass is 448 g/mol. The van der Waals surface area contributed by atoms with Crippen LogP contribution in [-0.4, -0.2) is 75.5 Å². The number of Topliss-reactive ketones (excluding diaryl/α,β-unsaturated/α-hetero) is 2. The zero-order valence-corrected chi connectivity index (χ0v) is 19.5. The topological polar surface area (TPSA) is 113 Å². The Morgan fingerprint density at radius 1 is 0.938 bits per heavy atom. The van der Waals surface area contributed by atoms with E-state index in [2.05, 4.69) is 0 Å². The largest absolute Gasteiger partial charge is 0.507 e. The minimum atomic E-state index is -1.08. The molecule has 0 bridgehead atoms. The Labute approximate surface area is 188 Å². The molecule has 32 heavy (non-hydrogen) atoms. The van der Waals surface area contributed by atoms with E-state index < -0.39 is 47.4 Å². The van der Waals surface area contributed by atoms with E-state index in [-0.39, 0.29) is 30.9 Å². The molecule has 1 heterocycles. The summed E-state index contributed by atoms with van der Waals surface area (Å²) >= 11 is 0. The molecule has 176 valence electrons. The Kier molecular flexibility index (Phi) is 7.54. The highest BCUT2D eigenvalue weighted by molar-refractivity contribution is 6.11. The first-order valence-corrected chi connectivity index (χ1v) is 10.5. The summed E-state index contributed by atoms with van der Waals surface area (Å²) < 4.78 is 10.8. The highest BCUT2D eigenvalue weighted by Gasteiger charge is 2.40. The van der Waals surface area contributed by atoms with Crippen LogP contribution in [0.25, 0.3) is 0 Å². The fourth-order valence-corrected chi connectivity index (χ4v) is 3.17. The maximum Gasteiger partial charge on any atom is 0.411 e. The molecule has 1 N–H and O–H groups in total. The summed E-state index contributed by atoms with van der Waals surface area (Å²) in [4.78, 5) is 53.6. The van der Waals surface area contributed by atoms with Crippen molar-refractivity contribution in [3.8, 4) is 5.75 Å². The van der Waals surface area contributed by atoms with E-state index >= 15 is 0 Å². The molecule has 1 atom stereocenters. The first-order valence-electron chi connectivity index (χ1n) is 10.5. The molecule has 1 aromatic rings. The fraction of sp³-hybridized carbons (Fsp3) is 0.565. The number of hydrogen-bond donors (Lipinski definition) is 1. The van der Waals surface area contributed by atoms with Crippen molar-refractivity contribution in [3.05, 3.63) is 29.8 Å². The van der Waals surface area contributed by atoms with Gasteiger partial charge >= 0.3 is 12.2 Å². The average molecular weight is 449 g/mol. The normalized spacial score (nSPS) is 17.0. The summed E-state index contributed by atoms with van der Waals surface area (Å²) in [6.45, 7) is 10.4. The third kappa shape index (κ3) is 6.96. The lowest BCUT2D eigenvalue weighted by atomic mass is 9.99. The van der Waals surface area contributed by atoms with Crippen molar-refractivity contribution in [2.24, 2.45) is 0 Å². The number of aromatic hydroxyl groups is 1. The Balaban J connectivity index is 2.23. The van der Waals surface area contributed by atoms with Crippen molar-refractivity contribution in [2.45, 2.75) is 65.2 Å². The third-order valence-corrected chi connectivity index (χ3v) is 4.57. The summed E-state index contributed by atoms with van der Waals surface area (Å²) in [5.41, 5.74) is -1.48. The molecule has 1 aromatic carbocycles. The van der Waals surface area contributed by atoms with E-state index in [0.717, 1.165) is 0 Å². The molecule has 1 aliphatic rings. The lowest BCUT2D eigenvalue weighted by Crippen LogP contribution is -2.60. The van der Waals surface area contributed by atoms with Gasteiger partial charge in [-0.1, -0.05) is 12.1 Å². The van der Waals surface area contributed by atoms with Gasteiger partial charge in [-0.2, -0.15) is 0 Å². The number of nitrogens with zero attached hydrogens (tertiary/aromatic N) is 2. The summed E-state index contributed by atoms with van der Waals surface area (Å²) in [5.74, 6) is -1.36. The molecule has 9 nitrogen and oxygen atoms in total. The van der Waals surface area contributed by atoms with Gasteiger partial charge in [0.2, 0.25) is 0 Å². The van der Waals surface area contributed by atoms with E-state index in [1.165, 1.54) is 21.9 Å². The highest BCUT2D eigenvalue weighted by atomic mass is 16.6. The third-order valence-electron chi connectivity index (χ3n) is 4.57. The van der Waals surface area contributed by atoms with Crippen LogP contribution in [0.2, 0.25) is 0 Å². The Morgan fingerprint density at radius 3 is 2.06 bits per heavy atom. The first kappa shape index (κ1) is 25.2. The molecular weight excluding hydrogens is 416 g/mol. The van der Waals surface area contributed by atoms with Crippen LogP contribution in [0.3, 0.4) is 0 Å². The van der Waals surface area contributed by atoms with Crippen LogP contribution in [0, 0.1) is 0 Å². The minimum absolute atomic E-state index is 0.0180. The molecule has 1 aliphatic heterocycles. The first-order chi connectivity index (χ1) is 14.7. The molecule has 0 radical (unpaired) electrons. The van der Waals surface area contributed by atoms with Crippen LogP contribution in [0.4, 0.5) is 9.59 Å². The van der Waals surface area contributed by atoms with E-state index in [9.17, 15) is 24.3 Å². The number of ether oxygens (including phenoxy) is 2. The molecule has 1 fully saturated rings. The second kappa shape index (κ2) is 9.58. The van der Waals surface area contributed by atoms with Gasteiger partial charge in [0.25, 0.3) is 0 Å². The average Bonchev–Trinajstić information content (AvgIpc) is 2.65. The van der Waals surface area contributed by atoms with Crippen molar-refractivity contribution >= 4 is 23.8 Å². The summed E-state index contributed by atoms with van der Waals surface area (Å²) in [6.07, 6.45) is -1.84. The number of hydrogen-bond acceptors (Lipinski definition) is 7. The Bertz CT molecular complexity index is 883. The number of benzene rings is 1. The molecule has 2 amide bonds. The summed E-state index contributed by atoms with van der Waals surface area (Å²) in [7, 11) is 0. The molecule has 1 saturated heterocycles. The van der Waals surface area contributed by atoms with E-state index in [0.29, 0.717) is 0 Å². The number of phenolic OH excluding ortho intramolecular Hbond substituents is 1. The second-order valence-corrected chi connectivity index (χ2v) is 9.70. The van der Waals surface area contributed by atoms with Gasteiger partial charge in [0.15, 0.2) is 11.6 Å². The van der Waals surface area contributed by atoms with Crippen molar-refractivity contribution < 1.29 is 33.8 Å². The molecule has 0 saturated carbocycles. The Hall–Kier alpha value is -3.10. The number of piperazine rings is 1. The molecular formula is C23H32N2O7. The van der Waals surface area contributed by atoms with Crippen molar-refractivity contribution in [2.75, 3.05) is 19.6 Å². The van der Waals surface area contributed by atoms with Crippen LogP contribution < -0.4 is 0 Å². The fourth-order valence-electron chi connectivity index (χ4n) is 3.17. The SMILES string of the molecule is CC(C)(C)OC(=O)N1CCN(C(=O)OC(C)(C)C)C(C(=O)CC(=O)c2ccccc2O)C1. The van der Waals surface area contributed by atoms with Gasteiger partial charge in [-0.25, -0.2) is 9.59 Å². The quantitative estimate of drug-likeness (QED) is 0.555. The van der Waals surface area contributed by atoms with E-state index in [1.54, 1.807) is 53.7 Å². The summed E-state index contributed by atoms with van der Waals surface area (Å²) in [6, 6.07) is 4.84. The molecule has 0 aromatic heterocycles. The van der Waals surface area contributed by atoms with Gasteiger partial charge in [0.1, 0.15) is 23.0 Å². The second-order valence-electron chi connectivity index (χ2n) is 9.70. The van der Waals surface area contributed by atoms with Crippen LogP contribution in [0.5, 0.6) is 5.75 Å². The Morgan fingerprint density at radius 2 is 1.50 bits per heavy atom. The number of carbonyl (C=O) groups is 4. The van der Waals surface area contributed by atoms with Gasteiger partial charge in [-0.3, -0.25) is 14.5 Å². The van der Waals surface area contributed by atoms with Gasteiger partial charge in [0.05, 0.1) is 18.5 Å². The van der Waals surface area contributed by atoms with Gasteiger partial charge < -0.3 is 19.5 Å². The van der Waals surface area contributed by atoms with Gasteiger partial charge in [0, 0.05) is 13.1 Å². The lowest BCUT2D eigenvalue weighted by Gasteiger charge is -2.41. The van der Waals surface area contributed by atoms with E-state index in [4.69, 9.17) is 9.47 Å². The molecule has 2 rings (SSSR count). The van der Waals surface area contributed by atoms with E-state index in [1.807, 2.05) is 0 Å².